The average molecular weight is 731 g/mol. The Balaban J connectivity index is 0.970. The highest BCUT2D eigenvalue weighted by atomic mass is 15.0. The fourth-order valence-electron chi connectivity index (χ4n) is 8.44. The first-order chi connectivity index (χ1) is 28.3. The number of allylic oxidation sites excluding steroid dienone is 6. The highest BCUT2D eigenvalue weighted by molar-refractivity contribution is 6.12. The monoisotopic (exact) mass is 730 g/mol. The van der Waals surface area contributed by atoms with E-state index < -0.39 is 0 Å². The Bertz CT molecular complexity index is 3260. The van der Waals surface area contributed by atoms with Gasteiger partial charge in [0.05, 0.1) is 34.5 Å². The van der Waals surface area contributed by atoms with E-state index in [1.165, 1.54) is 49.5 Å². The standard InChI is InChI=1S/C51H34N6/c1-6-34(26-36(8-1)40-10-4-22-52-30-40)38-14-18-48-46(28-38)44-20-24-54-32-50(44)56(48)42-12-3-13-43(17-16-42)57-49-19-15-39(29-47(49)45-21-25-55-33-51(45)57)35-7-2-9-37(27-35)41-11-5-23-53-31-41/h1-16,18-33H,17H2. The second-order valence-corrected chi connectivity index (χ2v) is 14.4. The minimum Gasteiger partial charge on any atom is -0.311 e. The van der Waals surface area contributed by atoms with Crippen molar-refractivity contribution in [1.82, 2.24) is 29.1 Å². The molecule has 268 valence electrons. The van der Waals surface area contributed by atoms with Gasteiger partial charge in [-0.3, -0.25) is 19.9 Å². The van der Waals surface area contributed by atoms with E-state index in [9.17, 15) is 0 Å². The van der Waals surface area contributed by atoms with E-state index >= 15 is 0 Å². The predicted molar refractivity (Wildman–Crippen MR) is 234 cm³/mol. The van der Waals surface area contributed by atoms with Gasteiger partial charge in [-0.05, 0) is 106 Å². The summed E-state index contributed by atoms with van der Waals surface area (Å²) in [4.78, 5) is 17.8. The van der Waals surface area contributed by atoms with Crippen LogP contribution in [0, 0.1) is 0 Å². The van der Waals surface area contributed by atoms with Crippen LogP contribution in [0.3, 0.4) is 0 Å². The van der Waals surface area contributed by atoms with Crippen LogP contribution < -0.4 is 0 Å². The maximum atomic E-state index is 4.58. The van der Waals surface area contributed by atoms with Gasteiger partial charge in [0.25, 0.3) is 0 Å². The molecule has 0 saturated carbocycles. The van der Waals surface area contributed by atoms with E-state index in [4.69, 9.17) is 0 Å². The van der Waals surface area contributed by atoms with Gasteiger partial charge in [-0.1, -0.05) is 72.8 Å². The van der Waals surface area contributed by atoms with Crippen LogP contribution >= 0.6 is 0 Å². The van der Waals surface area contributed by atoms with Crippen LogP contribution in [0.5, 0.6) is 0 Å². The first-order valence-corrected chi connectivity index (χ1v) is 19.1. The lowest BCUT2D eigenvalue weighted by Gasteiger charge is -2.12. The Hall–Kier alpha value is -7.70. The summed E-state index contributed by atoms with van der Waals surface area (Å²) in [6.07, 6.45) is 24.9. The molecule has 0 aliphatic heterocycles. The highest BCUT2D eigenvalue weighted by Crippen LogP contribution is 2.39. The highest BCUT2D eigenvalue weighted by Gasteiger charge is 2.18. The summed E-state index contributed by atoms with van der Waals surface area (Å²) in [5.41, 5.74) is 15.9. The first-order valence-electron chi connectivity index (χ1n) is 19.1. The van der Waals surface area contributed by atoms with E-state index in [2.05, 4.69) is 163 Å². The summed E-state index contributed by atoms with van der Waals surface area (Å²) in [5.74, 6) is 0. The van der Waals surface area contributed by atoms with Crippen LogP contribution in [-0.2, 0) is 0 Å². The van der Waals surface area contributed by atoms with Gasteiger partial charge in [-0.25, -0.2) is 0 Å². The second kappa shape index (κ2) is 13.6. The van der Waals surface area contributed by atoms with Gasteiger partial charge in [0.2, 0.25) is 0 Å². The number of hydrogen-bond donors (Lipinski definition) is 0. The van der Waals surface area contributed by atoms with Crippen LogP contribution in [0.25, 0.3) is 99.5 Å². The molecule has 0 atom stereocenters. The summed E-state index contributed by atoms with van der Waals surface area (Å²) in [6, 6.07) is 43.4. The van der Waals surface area contributed by atoms with E-state index in [-0.39, 0.29) is 0 Å². The van der Waals surface area contributed by atoms with Crippen molar-refractivity contribution < 1.29 is 0 Å². The molecule has 0 spiro atoms. The molecule has 4 aromatic carbocycles. The van der Waals surface area contributed by atoms with Crippen molar-refractivity contribution in [3.8, 4) is 44.5 Å². The van der Waals surface area contributed by atoms with Crippen molar-refractivity contribution in [2.24, 2.45) is 0 Å². The molecular formula is C51H34N6. The number of fused-ring (bicyclic) bond motifs is 6. The molecule has 0 unspecified atom stereocenters. The van der Waals surface area contributed by atoms with E-state index in [0.717, 1.165) is 56.4 Å². The maximum Gasteiger partial charge on any atom is 0.0724 e. The van der Waals surface area contributed by atoms with Crippen molar-refractivity contribution in [2.45, 2.75) is 6.42 Å². The Morgan fingerprint density at radius 3 is 1.44 bits per heavy atom. The molecule has 0 N–H and O–H groups in total. The molecule has 1 aliphatic carbocycles. The van der Waals surface area contributed by atoms with Crippen molar-refractivity contribution in [3.05, 3.63) is 195 Å². The largest absolute Gasteiger partial charge is 0.311 e. The Labute approximate surface area is 329 Å². The lowest BCUT2D eigenvalue weighted by molar-refractivity contribution is 1.12. The summed E-state index contributed by atoms with van der Waals surface area (Å²) in [7, 11) is 0. The molecule has 0 saturated heterocycles. The molecule has 6 heteroatoms. The van der Waals surface area contributed by atoms with Crippen molar-refractivity contribution in [1.29, 1.82) is 0 Å². The van der Waals surface area contributed by atoms with Crippen LogP contribution in [0.2, 0.25) is 0 Å². The molecule has 0 fully saturated rings. The lowest BCUT2D eigenvalue weighted by atomic mass is 9.98. The smallest absolute Gasteiger partial charge is 0.0724 e. The van der Waals surface area contributed by atoms with Crippen molar-refractivity contribution >= 4 is 55.0 Å². The average Bonchev–Trinajstić information content (AvgIpc) is 3.68. The summed E-state index contributed by atoms with van der Waals surface area (Å²) in [5, 5.41) is 4.75. The fraction of sp³-hybridized carbons (Fsp3) is 0.0196. The Kier molecular flexibility index (Phi) is 7.78. The lowest BCUT2D eigenvalue weighted by Crippen LogP contribution is -1.97. The van der Waals surface area contributed by atoms with Gasteiger partial charge in [0, 0.05) is 87.7 Å². The number of rotatable bonds is 6. The van der Waals surface area contributed by atoms with Gasteiger partial charge in [-0.2, -0.15) is 0 Å². The zero-order chi connectivity index (χ0) is 37.7. The third-order valence-electron chi connectivity index (χ3n) is 11.1. The van der Waals surface area contributed by atoms with E-state index in [1.54, 1.807) is 0 Å². The minimum atomic E-state index is 0.728. The Morgan fingerprint density at radius 2 is 0.877 bits per heavy atom. The third-order valence-corrected chi connectivity index (χ3v) is 11.1. The predicted octanol–water partition coefficient (Wildman–Crippen LogP) is 12.5. The van der Waals surface area contributed by atoms with Gasteiger partial charge in [-0.15, -0.1) is 0 Å². The van der Waals surface area contributed by atoms with Gasteiger partial charge >= 0.3 is 0 Å². The second-order valence-electron chi connectivity index (χ2n) is 14.4. The molecule has 0 bridgehead atoms. The molecule has 1 aliphatic rings. The van der Waals surface area contributed by atoms with E-state index in [0.29, 0.717) is 0 Å². The van der Waals surface area contributed by atoms with Crippen molar-refractivity contribution in [2.75, 3.05) is 0 Å². The topological polar surface area (TPSA) is 61.4 Å². The minimum absolute atomic E-state index is 0.728. The molecule has 6 nitrogen and oxygen atoms in total. The van der Waals surface area contributed by atoms with E-state index in [1.807, 2.05) is 61.7 Å². The molecule has 6 aromatic heterocycles. The van der Waals surface area contributed by atoms with Crippen LogP contribution in [0.1, 0.15) is 6.42 Å². The SMILES string of the molecule is C1=CC(n2c3ccc(-c4cccc(-c5cccnc5)c4)cc3c3ccncc32)=CCC(n2c3ccc(-c4cccc(-c5cccnc5)c4)cc3c3ccncc32)=C1. The van der Waals surface area contributed by atoms with Gasteiger partial charge < -0.3 is 9.13 Å². The Morgan fingerprint density at radius 1 is 0.386 bits per heavy atom. The molecular weight excluding hydrogens is 697 g/mol. The summed E-state index contributed by atoms with van der Waals surface area (Å²) >= 11 is 0. The number of hydrogen-bond acceptors (Lipinski definition) is 4. The van der Waals surface area contributed by atoms with Crippen LogP contribution in [-0.4, -0.2) is 29.1 Å². The van der Waals surface area contributed by atoms with Crippen molar-refractivity contribution in [3.63, 3.8) is 0 Å². The molecule has 0 radical (unpaired) electrons. The maximum absolute atomic E-state index is 4.58. The molecule has 11 rings (SSSR count). The summed E-state index contributed by atoms with van der Waals surface area (Å²) < 4.78 is 4.72. The zero-order valence-electron chi connectivity index (χ0n) is 30.9. The molecule has 6 heterocycles. The van der Waals surface area contributed by atoms with Crippen LogP contribution in [0.15, 0.2) is 195 Å². The fourth-order valence-corrected chi connectivity index (χ4v) is 8.44. The van der Waals surface area contributed by atoms with Gasteiger partial charge in [0.15, 0.2) is 0 Å². The normalized spacial score (nSPS) is 13.0. The molecule has 10 aromatic rings. The number of nitrogens with zero attached hydrogens (tertiary/aromatic N) is 6. The third kappa shape index (κ3) is 5.66. The summed E-state index contributed by atoms with van der Waals surface area (Å²) in [6.45, 7) is 0. The number of benzene rings is 4. The molecule has 57 heavy (non-hydrogen) atoms. The number of pyridine rings is 4. The van der Waals surface area contributed by atoms with Gasteiger partial charge in [0.1, 0.15) is 0 Å². The van der Waals surface area contributed by atoms with Crippen LogP contribution in [0.4, 0.5) is 0 Å². The molecule has 0 amide bonds. The zero-order valence-corrected chi connectivity index (χ0v) is 30.9. The number of aromatic nitrogens is 6. The first kappa shape index (κ1) is 32.7. The quantitative estimate of drug-likeness (QED) is 0.171.